The van der Waals surface area contributed by atoms with E-state index in [0.29, 0.717) is 5.16 Å². The fourth-order valence-corrected chi connectivity index (χ4v) is 2.41. The van der Waals surface area contributed by atoms with E-state index >= 15 is 0 Å². The molecule has 0 aromatic carbocycles. The fourth-order valence-electron chi connectivity index (χ4n) is 1.85. The Bertz CT molecular complexity index is 537. The minimum atomic E-state index is -1.32. The van der Waals surface area contributed by atoms with E-state index in [4.69, 9.17) is 4.74 Å². The van der Waals surface area contributed by atoms with Gasteiger partial charge in [-0.2, -0.15) is 0 Å². The number of aromatic nitrogens is 2. The Morgan fingerprint density at radius 2 is 2.15 bits per heavy atom. The van der Waals surface area contributed by atoms with Crippen molar-refractivity contribution in [1.82, 2.24) is 9.55 Å². The first-order valence-electron chi connectivity index (χ1n) is 5.98. The molecule has 8 nitrogen and oxygen atoms in total. The quantitative estimate of drug-likeness (QED) is 0.388. The summed E-state index contributed by atoms with van der Waals surface area (Å²) < 4.78 is 6.59. The molecule has 2 heterocycles. The van der Waals surface area contributed by atoms with Gasteiger partial charge in [0.15, 0.2) is 11.4 Å². The number of nitrogens with one attached hydrogen (secondary N) is 1. The van der Waals surface area contributed by atoms with Gasteiger partial charge in [-0.05, 0) is 6.26 Å². The van der Waals surface area contributed by atoms with E-state index in [2.05, 4.69) is 10.3 Å². The largest absolute Gasteiger partial charge is 0.388 e. The van der Waals surface area contributed by atoms with Gasteiger partial charge < -0.3 is 25.4 Å². The zero-order valence-electron chi connectivity index (χ0n) is 11.1. The summed E-state index contributed by atoms with van der Waals surface area (Å²) in [5, 5.41) is 32.0. The number of aliphatic hydroxyl groups excluding tert-OH is 3. The van der Waals surface area contributed by atoms with Gasteiger partial charge in [0.05, 0.1) is 6.61 Å². The Hall–Kier alpha value is -1.13. The van der Waals surface area contributed by atoms with E-state index in [0.717, 1.165) is 0 Å². The van der Waals surface area contributed by atoms with Crippen LogP contribution < -0.4 is 10.9 Å². The molecule has 9 heteroatoms. The maximum atomic E-state index is 11.7. The van der Waals surface area contributed by atoms with Gasteiger partial charge in [0, 0.05) is 13.1 Å². The molecule has 0 saturated carbocycles. The third kappa shape index (κ3) is 2.96. The first-order chi connectivity index (χ1) is 9.43. The summed E-state index contributed by atoms with van der Waals surface area (Å²) in [6, 6.07) is 1.27. The highest BCUT2D eigenvalue weighted by Crippen LogP contribution is 2.18. The predicted octanol–water partition coefficient (Wildman–Crippen LogP) is -1.65. The molecule has 1 aliphatic heterocycles. The van der Waals surface area contributed by atoms with Crippen LogP contribution >= 0.6 is 11.8 Å². The number of hydrogen-bond donors (Lipinski definition) is 4. The molecule has 1 aromatic rings. The van der Waals surface area contributed by atoms with Crippen LogP contribution in [0.25, 0.3) is 0 Å². The Kier molecular flexibility index (Phi) is 4.66. The highest BCUT2D eigenvalue weighted by atomic mass is 32.2. The predicted molar refractivity (Wildman–Crippen MR) is 72.6 cm³/mol. The average molecular weight is 303 g/mol. The summed E-state index contributed by atoms with van der Waals surface area (Å²) in [5.74, 6) is 0.241. The zero-order chi connectivity index (χ0) is 14.9. The summed E-state index contributed by atoms with van der Waals surface area (Å²) >= 11 is 1.31. The highest BCUT2D eigenvalue weighted by molar-refractivity contribution is 7.98. The van der Waals surface area contributed by atoms with Crippen LogP contribution in [0.2, 0.25) is 0 Å². The number of hydrogen-bond acceptors (Lipinski definition) is 8. The standard InChI is InChI=1S/C11H17N3O5S/c1-14-7(16)3-6(13-11(14)20-2)12-10-9(18)8(17)5(15)4-19-10/h3,5,8-10,12,15,17-18H,4H2,1-2H3/t5-,8-,9+,10+/m1/s1. The highest BCUT2D eigenvalue weighted by Gasteiger charge is 2.37. The third-order valence-corrected chi connectivity index (χ3v) is 3.80. The third-order valence-electron chi connectivity index (χ3n) is 3.07. The second-order valence-corrected chi connectivity index (χ2v) is 5.25. The van der Waals surface area contributed by atoms with Gasteiger partial charge >= 0.3 is 0 Å². The topological polar surface area (TPSA) is 117 Å². The summed E-state index contributed by atoms with van der Waals surface area (Å²) in [5.41, 5.74) is -0.252. The Labute approximate surface area is 119 Å². The van der Waals surface area contributed by atoms with Gasteiger partial charge in [-0.1, -0.05) is 11.8 Å². The van der Waals surface area contributed by atoms with Crippen molar-refractivity contribution in [1.29, 1.82) is 0 Å². The molecule has 112 valence electrons. The minimum absolute atomic E-state index is 0.115. The van der Waals surface area contributed by atoms with Crippen molar-refractivity contribution in [3.05, 3.63) is 16.4 Å². The lowest BCUT2D eigenvalue weighted by atomic mass is 10.0. The molecule has 1 fully saturated rings. The minimum Gasteiger partial charge on any atom is -0.388 e. The van der Waals surface area contributed by atoms with Crippen molar-refractivity contribution in [2.24, 2.45) is 7.05 Å². The summed E-state index contributed by atoms with van der Waals surface area (Å²) in [6.45, 7) is -0.115. The number of anilines is 1. The summed E-state index contributed by atoms with van der Waals surface area (Å²) in [6.07, 6.45) is -2.92. The van der Waals surface area contributed by atoms with E-state index in [1.807, 2.05) is 0 Å². The van der Waals surface area contributed by atoms with Crippen molar-refractivity contribution in [2.45, 2.75) is 29.7 Å². The van der Waals surface area contributed by atoms with Crippen molar-refractivity contribution in [2.75, 3.05) is 18.2 Å². The first kappa shape index (κ1) is 15.3. The Morgan fingerprint density at radius 3 is 2.80 bits per heavy atom. The lowest BCUT2D eigenvalue weighted by Crippen LogP contribution is -2.55. The molecular weight excluding hydrogens is 286 g/mol. The molecule has 1 aromatic heterocycles. The summed E-state index contributed by atoms with van der Waals surface area (Å²) in [4.78, 5) is 15.9. The molecule has 4 N–H and O–H groups in total. The molecule has 0 radical (unpaired) electrons. The molecule has 0 aliphatic carbocycles. The Balaban J connectivity index is 2.18. The van der Waals surface area contributed by atoms with Crippen LogP contribution in [0, 0.1) is 0 Å². The van der Waals surface area contributed by atoms with Gasteiger partial charge in [0.2, 0.25) is 0 Å². The van der Waals surface area contributed by atoms with E-state index in [9.17, 15) is 20.1 Å². The van der Waals surface area contributed by atoms with Crippen molar-refractivity contribution < 1.29 is 20.1 Å². The van der Waals surface area contributed by atoms with Gasteiger partial charge in [-0.15, -0.1) is 0 Å². The number of nitrogens with zero attached hydrogens (tertiary/aromatic N) is 2. The maximum Gasteiger partial charge on any atom is 0.255 e. The Morgan fingerprint density at radius 1 is 1.45 bits per heavy atom. The smallest absolute Gasteiger partial charge is 0.255 e. The number of rotatable bonds is 3. The molecule has 0 amide bonds. The normalized spacial score (nSPS) is 30.2. The maximum absolute atomic E-state index is 11.7. The van der Waals surface area contributed by atoms with E-state index < -0.39 is 24.5 Å². The van der Waals surface area contributed by atoms with Crippen molar-refractivity contribution in [3.63, 3.8) is 0 Å². The second-order valence-electron chi connectivity index (χ2n) is 4.47. The van der Waals surface area contributed by atoms with Crippen LogP contribution in [-0.2, 0) is 11.8 Å². The second kappa shape index (κ2) is 6.10. The molecule has 0 spiro atoms. The molecule has 20 heavy (non-hydrogen) atoms. The van der Waals surface area contributed by atoms with Crippen molar-refractivity contribution in [3.8, 4) is 0 Å². The van der Waals surface area contributed by atoms with Crippen LogP contribution in [0.5, 0.6) is 0 Å². The van der Waals surface area contributed by atoms with Gasteiger partial charge in [0.25, 0.3) is 5.56 Å². The van der Waals surface area contributed by atoms with Crippen LogP contribution in [-0.4, -0.2) is 62.3 Å². The monoisotopic (exact) mass is 303 g/mol. The lowest BCUT2D eigenvalue weighted by Gasteiger charge is -2.35. The number of thioether (sulfide) groups is 1. The van der Waals surface area contributed by atoms with Gasteiger partial charge in [-0.25, -0.2) is 4.98 Å². The number of aliphatic hydroxyl groups is 3. The van der Waals surface area contributed by atoms with Crippen LogP contribution in [0.4, 0.5) is 5.82 Å². The number of ether oxygens (including phenoxy) is 1. The van der Waals surface area contributed by atoms with E-state index in [-0.39, 0.29) is 18.0 Å². The van der Waals surface area contributed by atoms with Crippen LogP contribution in [0.15, 0.2) is 16.0 Å². The molecule has 0 bridgehead atoms. The van der Waals surface area contributed by atoms with E-state index in [1.54, 1.807) is 13.3 Å². The molecule has 4 atom stereocenters. The molecular formula is C11H17N3O5S. The first-order valence-corrected chi connectivity index (χ1v) is 7.21. The molecule has 0 unspecified atom stereocenters. The molecule has 2 rings (SSSR count). The average Bonchev–Trinajstić information content (AvgIpc) is 2.43. The van der Waals surface area contributed by atoms with Crippen molar-refractivity contribution >= 4 is 17.6 Å². The lowest BCUT2D eigenvalue weighted by molar-refractivity contribution is -0.178. The SMILES string of the molecule is CSc1nc(N[C@H]2OC[C@@H](O)[C@@H](O)[C@@H]2O)cc(=O)n1C. The fraction of sp³-hybridized carbons (Fsp3) is 0.636. The molecule has 1 saturated heterocycles. The summed E-state index contributed by atoms with van der Waals surface area (Å²) in [7, 11) is 1.61. The zero-order valence-corrected chi connectivity index (χ0v) is 11.9. The van der Waals surface area contributed by atoms with Gasteiger partial charge in [-0.3, -0.25) is 9.36 Å². The molecule has 1 aliphatic rings. The van der Waals surface area contributed by atoms with E-state index in [1.165, 1.54) is 22.4 Å². The van der Waals surface area contributed by atoms with Crippen LogP contribution in [0.1, 0.15) is 0 Å². The van der Waals surface area contributed by atoms with Crippen LogP contribution in [0.3, 0.4) is 0 Å². The van der Waals surface area contributed by atoms with Gasteiger partial charge in [0.1, 0.15) is 24.1 Å².